The molecule has 1 aromatic heterocycles. The monoisotopic (exact) mass is 262 g/mol. The molecule has 1 aliphatic rings. The van der Waals surface area contributed by atoms with Crippen LogP contribution in [0.2, 0.25) is 0 Å². The molecule has 0 bridgehead atoms. The molecular formula is C11H17F3N4. The molecule has 0 amide bonds. The third-order valence-corrected chi connectivity index (χ3v) is 3.19. The van der Waals surface area contributed by atoms with E-state index in [0.29, 0.717) is 12.5 Å². The van der Waals surface area contributed by atoms with Crippen LogP contribution in [0.3, 0.4) is 0 Å². The third kappa shape index (κ3) is 3.22. The second kappa shape index (κ2) is 5.26. The second-order valence-corrected chi connectivity index (χ2v) is 4.66. The van der Waals surface area contributed by atoms with Crippen molar-refractivity contribution in [3.8, 4) is 0 Å². The predicted octanol–water partition coefficient (Wildman–Crippen LogP) is 1.91. The fraction of sp³-hybridized carbons (Fsp3) is 0.818. The van der Waals surface area contributed by atoms with Gasteiger partial charge in [-0.1, -0.05) is 6.42 Å². The zero-order chi connectivity index (χ0) is 13.2. The van der Waals surface area contributed by atoms with Crippen molar-refractivity contribution < 1.29 is 13.2 Å². The van der Waals surface area contributed by atoms with Crippen LogP contribution in [0.15, 0.2) is 0 Å². The van der Waals surface area contributed by atoms with E-state index in [9.17, 15) is 13.2 Å². The minimum Gasteiger partial charge on any atom is -0.314 e. The molecule has 0 aliphatic carbocycles. The maximum Gasteiger partial charge on any atom is 0.451 e. The van der Waals surface area contributed by atoms with Gasteiger partial charge in [-0.25, -0.2) is 9.67 Å². The number of aromatic nitrogens is 3. The zero-order valence-electron chi connectivity index (χ0n) is 10.3. The number of nitrogens with zero attached hydrogens (tertiary/aromatic N) is 3. The van der Waals surface area contributed by atoms with Gasteiger partial charge in [0.1, 0.15) is 0 Å². The summed E-state index contributed by atoms with van der Waals surface area (Å²) in [6.45, 7) is 0.994. The maximum atomic E-state index is 12.5. The lowest BCUT2D eigenvalue weighted by molar-refractivity contribution is -0.147. The molecule has 0 saturated carbocycles. The van der Waals surface area contributed by atoms with Crippen LogP contribution in [0.4, 0.5) is 13.2 Å². The number of hydrogen-bond acceptors (Lipinski definition) is 3. The number of rotatable bonds is 3. The molecule has 18 heavy (non-hydrogen) atoms. The van der Waals surface area contributed by atoms with Gasteiger partial charge in [0.15, 0.2) is 5.82 Å². The molecule has 1 aliphatic heterocycles. The van der Waals surface area contributed by atoms with Gasteiger partial charge in [0, 0.05) is 19.5 Å². The highest BCUT2D eigenvalue weighted by Crippen LogP contribution is 2.27. The number of aryl methyl sites for hydroxylation is 2. The van der Waals surface area contributed by atoms with Crippen LogP contribution in [0.25, 0.3) is 0 Å². The van der Waals surface area contributed by atoms with Gasteiger partial charge < -0.3 is 5.32 Å². The summed E-state index contributed by atoms with van der Waals surface area (Å²) in [5.74, 6) is -0.647. The van der Waals surface area contributed by atoms with Crippen molar-refractivity contribution in [1.82, 2.24) is 20.1 Å². The molecule has 1 saturated heterocycles. The molecule has 1 atom stereocenters. The number of nitrogens with one attached hydrogen (secondary N) is 1. The maximum absolute atomic E-state index is 12.5. The molecule has 2 rings (SSSR count). The Morgan fingerprint density at radius 1 is 1.39 bits per heavy atom. The van der Waals surface area contributed by atoms with Gasteiger partial charge in [0.2, 0.25) is 5.82 Å². The van der Waals surface area contributed by atoms with E-state index in [2.05, 4.69) is 15.4 Å². The first kappa shape index (κ1) is 13.3. The topological polar surface area (TPSA) is 42.7 Å². The Balaban J connectivity index is 1.93. The average Bonchev–Trinajstić information content (AvgIpc) is 2.69. The quantitative estimate of drug-likeness (QED) is 0.904. The van der Waals surface area contributed by atoms with Crippen molar-refractivity contribution >= 4 is 0 Å². The normalized spacial score (nSPS) is 21.2. The van der Waals surface area contributed by atoms with Crippen LogP contribution in [-0.2, 0) is 19.6 Å². The van der Waals surface area contributed by atoms with Crippen LogP contribution < -0.4 is 5.32 Å². The largest absolute Gasteiger partial charge is 0.451 e. The molecule has 0 radical (unpaired) electrons. The van der Waals surface area contributed by atoms with Crippen LogP contribution in [-0.4, -0.2) is 27.4 Å². The number of piperidine rings is 1. The van der Waals surface area contributed by atoms with E-state index in [4.69, 9.17) is 0 Å². The van der Waals surface area contributed by atoms with Crippen molar-refractivity contribution in [2.75, 3.05) is 6.54 Å². The van der Waals surface area contributed by atoms with Gasteiger partial charge in [-0.3, -0.25) is 0 Å². The van der Waals surface area contributed by atoms with E-state index in [1.54, 1.807) is 0 Å². The van der Waals surface area contributed by atoms with Gasteiger partial charge in [-0.15, -0.1) is 0 Å². The van der Waals surface area contributed by atoms with E-state index in [-0.39, 0.29) is 5.82 Å². The van der Waals surface area contributed by atoms with Crippen molar-refractivity contribution in [3.05, 3.63) is 11.6 Å². The molecule has 2 heterocycles. The highest BCUT2D eigenvalue weighted by Gasteiger charge is 2.37. The van der Waals surface area contributed by atoms with E-state index in [1.807, 2.05) is 0 Å². The smallest absolute Gasteiger partial charge is 0.314 e. The summed E-state index contributed by atoms with van der Waals surface area (Å²) in [7, 11) is 1.28. The minimum absolute atomic E-state index is 0.275. The van der Waals surface area contributed by atoms with Crippen molar-refractivity contribution in [3.63, 3.8) is 0 Å². The van der Waals surface area contributed by atoms with Gasteiger partial charge >= 0.3 is 6.18 Å². The van der Waals surface area contributed by atoms with Gasteiger partial charge in [0.25, 0.3) is 0 Å². The SMILES string of the molecule is Cn1nc(CCC2CCCCN2)nc1C(F)(F)F. The summed E-state index contributed by atoms with van der Waals surface area (Å²) in [6, 6.07) is 0.386. The summed E-state index contributed by atoms with van der Waals surface area (Å²) >= 11 is 0. The lowest BCUT2D eigenvalue weighted by Gasteiger charge is -2.22. The summed E-state index contributed by atoms with van der Waals surface area (Å²) in [4.78, 5) is 3.56. The summed E-state index contributed by atoms with van der Waals surface area (Å²) in [6.07, 6.45) is 0.294. The first-order valence-corrected chi connectivity index (χ1v) is 6.17. The van der Waals surface area contributed by atoms with E-state index in [1.165, 1.54) is 19.9 Å². The van der Waals surface area contributed by atoms with Crippen LogP contribution >= 0.6 is 0 Å². The molecular weight excluding hydrogens is 245 g/mol. The fourth-order valence-electron chi connectivity index (χ4n) is 2.26. The van der Waals surface area contributed by atoms with Crippen molar-refractivity contribution in [2.24, 2.45) is 7.05 Å². The Kier molecular flexibility index (Phi) is 3.89. The zero-order valence-corrected chi connectivity index (χ0v) is 10.3. The van der Waals surface area contributed by atoms with E-state index >= 15 is 0 Å². The molecule has 0 aromatic carbocycles. The van der Waals surface area contributed by atoms with Crippen LogP contribution in [0, 0.1) is 0 Å². The van der Waals surface area contributed by atoms with Gasteiger partial charge in [0.05, 0.1) is 0 Å². The fourth-order valence-corrected chi connectivity index (χ4v) is 2.26. The van der Waals surface area contributed by atoms with E-state index < -0.39 is 12.0 Å². The van der Waals surface area contributed by atoms with E-state index in [0.717, 1.165) is 24.1 Å². The van der Waals surface area contributed by atoms with Gasteiger partial charge in [-0.05, 0) is 25.8 Å². The standard InChI is InChI=1S/C11H17F3N4/c1-18-10(11(12,13)14)16-9(17-18)6-5-8-4-2-3-7-15-8/h8,15H,2-7H2,1H3. The van der Waals surface area contributed by atoms with Crippen LogP contribution in [0.1, 0.15) is 37.3 Å². The number of halogens is 3. The second-order valence-electron chi connectivity index (χ2n) is 4.66. The minimum atomic E-state index is -4.43. The molecule has 102 valence electrons. The average molecular weight is 262 g/mol. The molecule has 0 spiro atoms. The Bertz CT molecular complexity index is 393. The molecule has 7 heteroatoms. The third-order valence-electron chi connectivity index (χ3n) is 3.19. The van der Waals surface area contributed by atoms with Crippen molar-refractivity contribution in [1.29, 1.82) is 0 Å². The molecule has 1 fully saturated rings. The van der Waals surface area contributed by atoms with Gasteiger partial charge in [-0.2, -0.15) is 18.3 Å². The summed E-state index contributed by atoms with van der Waals surface area (Å²) < 4.78 is 38.4. The highest BCUT2D eigenvalue weighted by molar-refractivity contribution is 4.97. The Hall–Kier alpha value is -1.11. The lowest BCUT2D eigenvalue weighted by atomic mass is 10.0. The first-order chi connectivity index (χ1) is 8.47. The Labute approximate surface area is 104 Å². The Morgan fingerprint density at radius 2 is 2.17 bits per heavy atom. The number of hydrogen-bond donors (Lipinski definition) is 1. The summed E-state index contributed by atoms with van der Waals surface area (Å²) in [5.41, 5.74) is 0. The molecule has 1 N–H and O–H groups in total. The van der Waals surface area contributed by atoms with Crippen molar-refractivity contribution in [2.45, 2.75) is 44.3 Å². The van der Waals surface area contributed by atoms with Crippen LogP contribution in [0.5, 0.6) is 0 Å². The molecule has 1 unspecified atom stereocenters. The summed E-state index contributed by atoms with van der Waals surface area (Å²) in [5, 5.41) is 7.18. The molecule has 1 aromatic rings. The Morgan fingerprint density at radius 3 is 2.72 bits per heavy atom. The number of alkyl halides is 3. The first-order valence-electron chi connectivity index (χ1n) is 6.17. The lowest BCUT2D eigenvalue weighted by Crippen LogP contribution is -2.34. The molecule has 4 nitrogen and oxygen atoms in total. The predicted molar refractivity (Wildman–Crippen MR) is 60.0 cm³/mol. The highest BCUT2D eigenvalue weighted by atomic mass is 19.4.